The lowest BCUT2D eigenvalue weighted by Crippen LogP contribution is -2.26. The second-order valence-electron chi connectivity index (χ2n) is 2.20. The highest BCUT2D eigenvalue weighted by atomic mass is 16.3. The van der Waals surface area contributed by atoms with Crippen molar-refractivity contribution in [1.29, 1.82) is 0 Å². The number of amides is 1. The van der Waals surface area contributed by atoms with Crippen LogP contribution in [-0.2, 0) is 9.59 Å². The maximum atomic E-state index is 10.6. The fourth-order valence-corrected chi connectivity index (χ4v) is 0.553. The topological polar surface area (TPSA) is 66.4 Å². The maximum Gasteiger partial charge on any atom is 0.219 e. The van der Waals surface area contributed by atoms with Crippen LogP contribution in [0.2, 0.25) is 0 Å². The number of rotatable bonds is 5. The average molecular weight is 159 g/mol. The zero-order valence-electron chi connectivity index (χ0n) is 6.54. The first-order chi connectivity index (χ1) is 5.20. The summed E-state index contributed by atoms with van der Waals surface area (Å²) in [7, 11) is 0. The molecule has 0 heterocycles. The van der Waals surface area contributed by atoms with Gasteiger partial charge in [-0.15, -0.1) is 0 Å². The van der Waals surface area contributed by atoms with Crippen LogP contribution in [0.15, 0.2) is 0 Å². The first-order valence-electron chi connectivity index (χ1n) is 3.60. The highest BCUT2D eigenvalue weighted by molar-refractivity contribution is 5.75. The van der Waals surface area contributed by atoms with E-state index < -0.39 is 6.10 Å². The van der Waals surface area contributed by atoms with Crippen molar-refractivity contribution in [2.24, 2.45) is 0 Å². The van der Waals surface area contributed by atoms with Crippen molar-refractivity contribution >= 4 is 12.2 Å². The summed E-state index contributed by atoms with van der Waals surface area (Å²) in [4.78, 5) is 20.5. The molecule has 0 aromatic carbocycles. The molecule has 4 heteroatoms. The maximum absolute atomic E-state index is 10.6. The van der Waals surface area contributed by atoms with Gasteiger partial charge in [-0.25, -0.2) is 0 Å². The predicted octanol–water partition coefficient (Wildman–Crippen LogP) is -0.538. The van der Waals surface area contributed by atoms with E-state index in [1.54, 1.807) is 6.92 Å². The minimum atomic E-state index is -0.952. The SMILES string of the molecule is CCC(=O)NCC[C@H](O)C=O. The second-order valence-corrected chi connectivity index (χ2v) is 2.20. The molecule has 0 saturated carbocycles. The van der Waals surface area contributed by atoms with Crippen molar-refractivity contribution in [2.75, 3.05) is 6.54 Å². The molecule has 0 saturated heterocycles. The average Bonchev–Trinajstić information content (AvgIpc) is 2.04. The first kappa shape index (κ1) is 10.1. The summed E-state index contributed by atoms with van der Waals surface area (Å²) in [6.07, 6.45) is 0.219. The second kappa shape index (κ2) is 5.85. The number of aliphatic hydroxyl groups excluding tert-OH is 1. The van der Waals surface area contributed by atoms with Gasteiger partial charge in [0.2, 0.25) is 5.91 Å². The lowest BCUT2D eigenvalue weighted by molar-refractivity contribution is -0.121. The summed E-state index contributed by atoms with van der Waals surface area (Å²) in [5.41, 5.74) is 0. The van der Waals surface area contributed by atoms with Crippen LogP contribution in [0, 0.1) is 0 Å². The zero-order chi connectivity index (χ0) is 8.69. The number of hydrogen-bond donors (Lipinski definition) is 2. The molecule has 0 bridgehead atoms. The van der Waals surface area contributed by atoms with Crippen LogP contribution in [0.4, 0.5) is 0 Å². The fourth-order valence-electron chi connectivity index (χ4n) is 0.553. The van der Waals surface area contributed by atoms with Gasteiger partial charge in [-0.3, -0.25) is 4.79 Å². The third-order valence-corrected chi connectivity index (χ3v) is 1.24. The van der Waals surface area contributed by atoms with E-state index in [9.17, 15) is 9.59 Å². The molecule has 2 N–H and O–H groups in total. The van der Waals surface area contributed by atoms with Gasteiger partial charge in [-0.05, 0) is 6.42 Å². The van der Waals surface area contributed by atoms with Gasteiger partial charge < -0.3 is 15.2 Å². The van der Waals surface area contributed by atoms with E-state index in [1.165, 1.54) is 0 Å². The van der Waals surface area contributed by atoms with Crippen molar-refractivity contribution in [3.05, 3.63) is 0 Å². The Morgan fingerprint density at radius 1 is 1.73 bits per heavy atom. The molecule has 64 valence electrons. The summed E-state index contributed by atoms with van der Waals surface area (Å²) in [5.74, 6) is -0.0666. The van der Waals surface area contributed by atoms with Gasteiger partial charge in [0.25, 0.3) is 0 Å². The quantitative estimate of drug-likeness (QED) is 0.529. The number of aliphatic hydroxyl groups is 1. The molecule has 0 fully saturated rings. The molecule has 0 rings (SSSR count). The van der Waals surface area contributed by atoms with Crippen molar-refractivity contribution in [2.45, 2.75) is 25.9 Å². The number of hydrogen-bond acceptors (Lipinski definition) is 3. The summed E-state index contributed by atoms with van der Waals surface area (Å²) >= 11 is 0. The number of carbonyl (C=O) groups excluding carboxylic acids is 2. The Kier molecular flexibility index (Phi) is 5.37. The van der Waals surface area contributed by atoms with Gasteiger partial charge in [-0.2, -0.15) is 0 Å². The van der Waals surface area contributed by atoms with Crippen LogP contribution >= 0.6 is 0 Å². The van der Waals surface area contributed by atoms with E-state index in [4.69, 9.17) is 5.11 Å². The van der Waals surface area contributed by atoms with E-state index in [2.05, 4.69) is 5.32 Å². The summed E-state index contributed by atoms with van der Waals surface area (Å²) < 4.78 is 0. The molecular formula is C7H13NO3. The Balaban J connectivity index is 3.26. The normalized spacial score (nSPS) is 12.2. The summed E-state index contributed by atoms with van der Waals surface area (Å²) in [5, 5.41) is 11.3. The molecule has 4 nitrogen and oxygen atoms in total. The van der Waals surface area contributed by atoms with Crippen LogP contribution in [0.25, 0.3) is 0 Å². The Hall–Kier alpha value is -0.900. The van der Waals surface area contributed by atoms with Crippen LogP contribution in [0.3, 0.4) is 0 Å². The molecule has 0 aliphatic rings. The van der Waals surface area contributed by atoms with E-state index in [0.717, 1.165) is 0 Å². The number of nitrogens with one attached hydrogen (secondary N) is 1. The monoisotopic (exact) mass is 159 g/mol. The fraction of sp³-hybridized carbons (Fsp3) is 0.714. The van der Waals surface area contributed by atoms with E-state index in [0.29, 0.717) is 19.3 Å². The Bertz CT molecular complexity index is 136. The van der Waals surface area contributed by atoms with Crippen LogP contribution in [-0.4, -0.2) is 29.9 Å². The Morgan fingerprint density at radius 2 is 2.36 bits per heavy atom. The summed E-state index contributed by atoms with van der Waals surface area (Å²) in [6, 6.07) is 0. The van der Waals surface area contributed by atoms with Crippen LogP contribution in [0.1, 0.15) is 19.8 Å². The number of aldehydes is 1. The van der Waals surface area contributed by atoms with Crippen molar-refractivity contribution < 1.29 is 14.7 Å². The molecule has 0 aliphatic heterocycles. The third kappa shape index (κ3) is 5.54. The molecule has 0 aromatic heterocycles. The van der Waals surface area contributed by atoms with Crippen LogP contribution < -0.4 is 5.32 Å². The molecule has 0 radical (unpaired) electrons. The van der Waals surface area contributed by atoms with Gasteiger partial charge >= 0.3 is 0 Å². The molecule has 0 unspecified atom stereocenters. The zero-order valence-corrected chi connectivity index (χ0v) is 6.54. The number of carbonyl (C=O) groups is 2. The van der Waals surface area contributed by atoms with Gasteiger partial charge in [0.05, 0.1) is 0 Å². The lowest BCUT2D eigenvalue weighted by Gasteiger charge is -2.03. The minimum absolute atomic E-state index is 0.0666. The molecule has 0 aliphatic carbocycles. The van der Waals surface area contributed by atoms with Crippen molar-refractivity contribution in [3.8, 4) is 0 Å². The predicted molar refractivity (Wildman–Crippen MR) is 40.0 cm³/mol. The van der Waals surface area contributed by atoms with Crippen molar-refractivity contribution in [3.63, 3.8) is 0 Å². The van der Waals surface area contributed by atoms with E-state index in [1.807, 2.05) is 0 Å². The van der Waals surface area contributed by atoms with E-state index >= 15 is 0 Å². The summed E-state index contributed by atoms with van der Waals surface area (Å²) in [6.45, 7) is 2.10. The first-order valence-corrected chi connectivity index (χ1v) is 3.60. The van der Waals surface area contributed by atoms with Crippen molar-refractivity contribution in [1.82, 2.24) is 5.32 Å². The highest BCUT2D eigenvalue weighted by Crippen LogP contribution is 1.84. The van der Waals surface area contributed by atoms with Gasteiger partial charge in [0.1, 0.15) is 12.4 Å². The molecular weight excluding hydrogens is 146 g/mol. The van der Waals surface area contributed by atoms with E-state index in [-0.39, 0.29) is 12.3 Å². The lowest BCUT2D eigenvalue weighted by atomic mass is 10.3. The van der Waals surface area contributed by atoms with Gasteiger partial charge in [0, 0.05) is 13.0 Å². The minimum Gasteiger partial charge on any atom is -0.386 e. The smallest absolute Gasteiger partial charge is 0.219 e. The van der Waals surface area contributed by atoms with Crippen LogP contribution in [0.5, 0.6) is 0 Å². The third-order valence-electron chi connectivity index (χ3n) is 1.24. The standard InChI is InChI=1S/C7H13NO3/c1-2-7(11)8-4-3-6(10)5-9/h5-6,10H,2-4H2,1H3,(H,8,11)/t6-/m0/s1. The molecule has 0 aromatic rings. The molecule has 0 spiro atoms. The molecule has 1 atom stereocenters. The molecule has 11 heavy (non-hydrogen) atoms. The Morgan fingerprint density at radius 3 is 2.82 bits per heavy atom. The highest BCUT2D eigenvalue weighted by Gasteiger charge is 2.01. The van der Waals surface area contributed by atoms with Gasteiger partial charge in [0.15, 0.2) is 0 Å². The van der Waals surface area contributed by atoms with Gasteiger partial charge in [-0.1, -0.05) is 6.92 Å². The largest absolute Gasteiger partial charge is 0.386 e. The Labute approximate surface area is 65.6 Å². The molecule has 1 amide bonds.